The molecule has 40 heavy (non-hydrogen) atoms. The van der Waals surface area contributed by atoms with Gasteiger partial charge in [-0.25, -0.2) is 23.2 Å². The average Bonchev–Trinajstić information content (AvgIpc) is 2.87. The third kappa shape index (κ3) is 10.4. The summed E-state index contributed by atoms with van der Waals surface area (Å²) in [4.78, 5) is 20.8. The van der Waals surface area contributed by atoms with E-state index in [-0.39, 0.29) is 18.8 Å². The summed E-state index contributed by atoms with van der Waals surface area (Å²) in [5.74, 6) is 0.681. The predicted octanol–water partition coefficient (Wildman–Crippen LogP) is 4.94. The Bertz CT molecular complexity index is 1410. The molecule has 0 fully saturated rings. The molecule has 1 amide bonds. The predicted molar refractivity (Wildman–Crippen MR) is 160 cm³/mol. The van der Waals surface area contributed by atoms with Gasteiger partial charge in [0, 0.05) is 37.9 Å². The largest absolute Gasteiger partial charge is 0.507 e. The summed E-state index contributed by atoms with van der Waals surface area (Å²) in [6, 6.07) is 14.8. The number of phenolic OH excluding ortho intramolecular Hbond substituents is 1. The van der Waals surface area contributed by atoms with Crippen LogP contribution in [0, 0.1) is 0 Å². The summed E-state index contributed by atoms with van der Waals surface area (Å²) in [6.45, 7) is 6.68. The van der Waals surface area contributed by atoms with Crippen molar-refractivity contribution in [3.05, 3.63) is 70.3 Å². The van der Waals surface area contributed by atoms with Crippen molar-refractivity contribution in [3.8, 4) is 17.0 Å². The zero-order chi connectivity index (χ0) is 29.3. The topological polar surface area (TPSA) is 134 Å². The first-order valence-corrected chi connectivity index (χ1v) is 15.5. The molecule has 216 valence electrons. The van der Waals surface area contributed by atoms with E-state index in [2.05, 4.69) is 36.5 Å². The Morgan fingerprint density at radius 2 is 1.88 bits per heavy atom. The van der Waals surface area contributed by atoms with Crippen LogP contribution in [0.4, 0.5) is 10.7 Å². The number of aromatic nitrogens is 2. The lowest BCUT2D eigenvalue weighted by atomic mass is 10.1. The second kappa shape index (κ2) is 13.9. The smallest absolute Gasteiger partial charge is 0.407 e. The maximum Gasteiger partial charge on any atom is 0.407 e. The third-order valence-corrected chi connectivity index (χ3v) is 7.55. The number of sulfonamides is 1. The minimum Gasteiger partial charge on any atom is -0.507 e. The molecule has 0 aliphatic rings. The standard InChI is InChI=1S/C28H36BrN5O5S/c1-28(2,3)39-27(36)32-13-6-16-34(40(4,37)38)19-21-7-5-8-22(17-21)24-12-15-31-26(33-24)30-14-11-20-9-10-25(35)23(29)18-20/h5,7-10,12,15,17-18,35H,6,11,13-14,16,19H2,1-4H3,(H,32,36)(H,30,31,33). The molecule has 0 radical (unpaired) electrons. The van der Waals surface area contributed by atoms with E-state index in [1.165, 1.54) is 10.6 Å². The van der Waals surface area contributed by atoms with Crippen LogP contribution >= 0.6 is 15.9 Å². The zero-order valence-electron chi connectivity index (χ0n) is 23.1. The fraction of sp³-hybridized carbons (Fsp3) is 0.393. The third-order valence-electron chi connectivity index (χ3n) is 5.67. The summed E-state index contributed by atoms with van der Waals surface area (Å²) >= 11 is 3.33. The van der Waals surface area contributed by atoms with Gasteiger partial charge in [-0.05, 0) is 84.9 Å². The molecule has 0 aliphatic heterocycles. The minimum absolute atomic E-state index is 0.192. The minimum atomic E-state index is -3.48. The van der Waals surface area contributed by atoms with Gasteiger partial charge in [0.2, 0.25) is 16.0 Å². The van der Waals surface area contributed by atoms with Crippen molar-refractivity contribution in [1.82, 2.24) is 19.6 Å². The van der Waals surface area contributed by atoms with Crippen LogP contribution in [0.25, 0.3) is 11.3 Å². The number of aromatic hydroxyl groups is 1. The highest BCUT2D eigenvalue weighted by molar-refractivity contribution is 9.10. The number of benzene rings is 2. The molecule has 10 nitrogen and oxygen atoms in total. The lowest BCUT2D eigenvalue weighted by Crippen LogP contribution is -2.35. The van der Waals surface area contributed by atoms with Gasteiger partial charge in [0.1, 0.15) is 11.4 Å². The van der Waals surface area contributed by atoms with Gasteiger partial charge >= 0.3 is 6.09 Å². The van der Waals surface area contributed by atoms with Gasteiger partial charge in [-0.15, -0.1) is 0 Å². The fourth-order valence-corrected chi connectivity index (χ4v) is 5.05. The van der Waals surface area contributed by atoms with E-state index in [1.807, 2.05) is 36.4 Å². The van der Waals surface area contributed by atoms with E-state index < -0.39 is 21.7 Å². The molecule has 3 rings (SSSR count). The number of nitrogens with zero attached hydrogens (tertiary/aromatic N) is 3. The Morgan fingerprint density at radius 3 is 2.58 bits per heavy atom. The van der Waals surface area contributed by atoms with Crippen LogP contribution in [0.5, 0.6) is 5.75 Å². The molecule has 0 atom stereocenters. The number of nitrogens with one attached hydrogen (secondary N) is 2. The van der Waals surface area contributed by atoms with Crippen LogP contribution < -0.4 is 10.6 Å². The van der Waals surface area contributed by atoms with Crippen LogP contribution in [0.2, 0.25) is 0 Å². The number of halogens is 1. The lowest BCUT2D eigenvalue weighted by molar-refractivity contribution is 0.0526. The molecule has 0 unspecified atom stereocenters. The van der Waals surface area contributed by atoms with Crippen molar-refractivity contribution in [2.45, 2.75) is 45.8 Å². The van der Waals surface area contributed by atoms with Crippen LogP contribution in [0.15, 0.2) is 59.2 Å². The number of hydrogen-bond donors (Lipinski definition) is 3. The molecule has 1 aromatic heterocycles. The second-order valence-corrected chi connectivity index (χ2v) is 13.1. The highest BCUT2D eigenvalue weighted by Gasteiger charge is 2.19. The van der Waals surface area contributed by atoms with Gasteiger partial charge in [-0.2, -0.15) is 4.31 Å². The summed E-state index contributed by atoms with van der Waals surface area (Å²) in [7, 11) is -3.48. The summed E-state index contributed by atoms with van der Waals surface area (Å²) in [5.41, 5.74) is 2.82. The quantitative estimate of drug-likeness (QED) is 0.239. The van der Waals surface area contributed by atoms with Crippen molar-refractivity contribution in [2.24, 2.45) is 0 Å². The molecule has 12 heteroatoms. The van der Waals surface area contributed by atoms with Gasteiger partial charge in [0.25, 0.3) is 0 Å². The van der Waals surface area contributed by atoms with E-state index >= 15 is 0 Å². The zero-order valence-corrected chi connectivity index (χ0v) is 25.5. The molecule has 1 heterocycles. The van der Waals surface area contributed by atoms with Gasteiger partial charge in [-0.1, -0.05) is 24.3 Å². The number of amides is 1. The Labute approximate surface area is 244 Å². The first-order valence-electron chi connectivity index (χ1n) is 12.9. The van der Waals surface area contributed by atoms with Gasteiger partial charge in [-0.3, -0.25) is 0 Å². The van der Waals surface area contributed by atoms with Gasteiger partial charge in [0.15, 0.2) is 0 Å². The lowest BCUT2D eigenvalue weighted by Gasteiger charge is -2.22. The molecule has 3 N–H and O–H groups in total. The highest BCUT2D eigenvalue weighted by Crippen LogP contribution is 2.25. The summed E-state index contributed by atoms with van der Waals surface area (Å²) in [5, 5.41) is 15.5. The number of hydrogen-bond acceptors (Lipinski definition) is 8. The highest BCUT2D eigenvalue weighted by atomic mass is 79.9. The van der Waals surface area contributed by atoms with Crippen LogP contribution in [-0.4, -0.2) is 65.4 Å². The second-order valence-electron chi connectivity index (χ2n) is 10.3. The van der Waals surface area contributed by atoms with E-state index in [0.717, 1.165) is 23.1 Å². The Morgan fingerprint density at radius 1 is 1.10 bits per heavy atom. The Kier molecular flexibility index (Phi) is 10.9. The van der Waals surface area contributed by atoms with Gasteiger partial charge < -0.3 is 20.5 Å². The number of anilines is 1. The van der Waals surface area contributed by atoms with Crippen LogP contribution in [0.1, 0.15) is 38.3 Å². The van der Waals surface area contributed by atoms with Gasteiger partial charge in [0.05, 0.1) is 16.4 Å². The Balaban J connectivity index is 1.60. The average molecular weight is 635 g/mol. The number of rotatable bonds is 12. The van der Waals surface area contributed by atoms with E-state index in [4.69, 9.17) is 4.74 Å². The molecule has 0 spiro atoms. The van der Waals surface area contributed by atoms with E-state index in [0.29, 0.717) is 35.6 Å². The molecule has 0 aliphatic carbocycles. The monoisotopic (exact) mass is 633 g/mol. The Hall–Kier alpha value is -3.22. The van der Waals surface area contributed by atoms with Crippen LogP contribution in [-0.2, 0) is 27.7 Å². The van der Waals surface area contributed by atoms with Crippen molar-refractivity contribution < 1.29 is 23.1 Å². The van der Waals surface area contributed by atoms with E-state index in [1.54, 1.807) is 39.1 Å². The number of phenols is 1. The molecule has 0 bridgehead atoms. The molecular weight excluding hydrogens is 598 g/mol. The molecule has 0 saturated carbocycles. The number of alkyl carbamates (subject to hydrolysis) is 1. The first kappa shape index (κ1) is 31.3. The number of carbonyl (C=O) groups is 1. The molecule has 2 aromatic carbocycles. The van der Waals surface area contributed by atoms with Crippen molar-refractivity contribution in [1.29, 1.82) is 0 Å². The summed E-state index contributed by atoms with van der Waals surface area (Å²) in [6.07, 6.45) is 3.48. The fourth-order valence-electron chi connectivity index (χ4n) is 3.78. The first-order chi connectivity index (χ1) is 18.8. The normalized spacial score (nSPS) is 11.8. The van der Waals surface area contributed by atoms with E-state index in [9.17, 15) is 18.3 Å². The summed E-state index contributed by atoms with van der Waals surface area (Å²) < 4.78 is 32.2. The van der Waals surface area contributed by atoms with Crippen LogP contribution in [0.3, 0.4) is 0 Å². The van der Waals surface area contributed by atoms with Crippen molar-refractivity contribution in [3.63, 3.8) is 0 Å². The van der Waals surface area contributed by atoms with Crippen molar-refractivity contribution in [2.75, 3.05) is 31.2 Å². The van der Waals surface area contributed by atoms with Crippen molar-refractivity contribution >= 4 is 38.0 Å². The maximum atomic E-state index is 12.5. The number of carbonyl (C=O) groups excluding carboxylic acids is 1. The molecule has 3 aromatic rings. The molecular formula is C28H36BrN5O5S. The number of ether oxygens (including phenoxy) is 1. The molecule has 0 saturated heterocycles. The SMILES string of the molecule is CC(C)(C)OC(=O)NCCCN(Cc1cccc(-c2ccnc(NCCc3ccc(O)c(Br)c3)n2)c1)S(C)(=O)=O. The maximum absolute atomic E-state index is 12.5.